The summed E-state index contributed by atoms with van der Waals surface area (Å²) in [6.07, 6.45) is 5.71. The van der Waals surface area contributed by atoms with Gasteiger partial charge in [0.15, 0.2) is 17.3 Å². The maximum Gasteiger partial charge on any atom is 0.252 e. The quantitative estimate of drug-likeness (QED) is 0.409. The number of nitrogens with zero attached hydrogens (tertiary/aromatic N) is 5. The molecule has 9 nitrogen and oxygen atoms in total. The summed E-state index contributed by atoms with van der Waals surface area (Å²) in [5.41, 5.74) is 2.22. The average molecular weight is 505 g/mol. The largest absolute Gasteiger partial charge is 0.486 e. The third-order valence-corrected chi connectivity index (χ3v) is 7.24. The molecule has 1 aliphatic heterocycles. The zero-order chi connectivity index (χ0) is 25.2. The fourth-order valence-electron chi connectivity index (χ4n) is 5.29. The molecule has 0 spiro atoms. The maximum absolute atomic E-state index is 13.3. The molecule has 37 heavy (non-hydrogen) atoms. The lowest BCUT2D eigenvalue weighted by atomic mass is 9.93. The second-order valence-electron chi connectivity index (χ2n) is 9.78. The predicted octanol–water partition coefficient (Wildman–Crippen LogP) is 3.81. The van der Waals surface area contributed by atoms with Gasteiger partial charge in [0.2, 0.25) is 0 Å². The Balaban J connectivity index is 1.28. The highest BCUT2D eigenvalue weighted by Gasteiger charge is 2.25. The Morgan fingerprint density at radius 1 is 1.00 bits per heavy atom. The zero-order valence-corrected chi connectivity index (χ0v) is 20.5. The summed E-state index contributed by atoms with van der Waals surface area (Å²) in [4.78, 5) is 18.5. The minimum atomic E-state index is -0.274. The van der Waals surface area contributed by atoms with Gasteiger partial charge in [-0.2, -0.15) is 0 Å². The summed E-state index contributed by atoms with van der Waals surface area (Å²) in [5, 5.41) is 13.3. The van der Waals surface area contributed by atoms with Crippen LogP contribution in [-0.2, 0) is 19.6 Å². The molecule has 192 valence electrons. The van der Waals surface area contributed by atoms with E-state index in [0.717, 1.165) is 29.3 Å². The summed E-state index contributed by atoms with van der Waals surface area (Å²) >= 11 is 0. The maximum atomic E-state index is 13.3. The first-order chi connectivity index (χ1) is 18.1. The van der Waals surface area contributed by atoms with Crippen LogP contribution in [0.15, 0.2) is 47.3 Å². The summed E-state index contributed by atoms with van der Waals surface area (Å²) in [6, 6.07) is 12.4. The standard InChI is InChI=1S/C27H29FN6O3/c28-21-8-6-18(7-9-21)15-34-26(30-31-32-34)17-33(22-4-2-1-3-5-22)16-20-12-19-13-24-25(37-11-10-36-24)14-23(19)29-27(20)35/h6-9,12-14,22H,1-5,10-11,15-17H2,(H,29,35). The minimum absolute atomic E-state index is 0.115. The number of pyridine rings is 1. The molecule has 0 saturated heterocycles. The van der Waals surface area contributed by atoms with Gasteiger partial charge in [0, 0.05) is 29.6 Å². The third kappa shape index (κ3) is 5.20. The summed E-state index contributed by atoms with van der Waals surface area (Å²) in [6.45, 7) is 2.45. The molecule has 0 bridgehead atoms. The van der Waals surface area contributed by atoms with Crippen LogP contribution in [0.4, 0.5) is 4.39 Å². The van der Waals surface area contributed by atoms with Crippen molar-refractivity contribution in [1.82, 2.24) is 30.1 Å². The van der Waals surface area contributed by atoms with Crippen LogP contribution in [0.5, 0.6) is 11.5 Å². The van der Waals surface area contributed by atoms with E-state index in [1.54, 1.807) is 16.8 Å². The van der Waals surface area contributed by atoms with Crippen molar-refractivity contribution >= 4 is 10.9 Å². The Labute approximate surface area is 213 Å². The van der Waals surface area contributed by atoms with E-state index in [-0.39, 0.29) is 11.4 Å². The topological polar surface area (TPSA) is 98.2 Å². The number of aromatic amines is 1. The Kier molecular flexibility index (Phi) is 6.57. The Morgan fingerprint density at radius 2 is 1.76 bits per heavy atom. The van der Waals surface area contributed by atoms with E-state index in [1.807, 2.05) is 18.2 Å². The second kappa shape index (κ2) is 10.3. The van der Waals surface area contributed by atoms with E-state index in [2.05, 4.69) is 25.4 Å². The van der Waals surface area contributed by atoms with Crippen LogP contribution >= 0.6 is 0 Å². The zero-order valence-electron chi connectivity index (χ0n) is 20.5. The Bertz CT molecular complexity index is 1450. The van der Waals surface area contributed by atoms with Gasteiger partial charge in [-0.05, 0) is 53.1 Å². The molecule has 1 fully saturated rings. The molecule has 1 N–H and O–H groups in total. The molecule has 0 unspecified atom stereocenters. The summed E-state index contributed by atoms with van der Waals surface area (Å²) < 4.78 is 26.5. The van der Waals surface area contributed by atoms with E-state index in [1.165, 1.54) is 31.4 Å². The van der Waals surface area contributed by atoms with Crippen LogP contribution in [0.1, 0.15) is 49.1 Å². The van der Waals surface area contributed by atoms with Crippen molar-refractivity contribution in [2.24, 2.45) is 0 Å². The number of ether oxygens (including phenoxy) is 2. The normalized spacial score (nSPS) is 15.9. The Morgan fingerprint density at radius 3 is 2.54 bits per heavy atom. The lowest BCUT2D eigenvalue weighted by Crippen LogP contribution is -2.38. The predicted molar refractivity (Wildman–Crippen MR) is 135 cm³/mol. The van der Waals surface area contributed by atoms with Crippen LogP contribution in [0.2, 0.25) is 0 Å². The van der Waals surface area contributed by atoms with Crippen LogP contribution < -0.4 is 15.0 Å². The molecule has 2 aromatic carbocycles. The van der Waals surface area contributed by atoms with Gasteiger partial charge in [0.05, 0.1) is 18.6 Å². The van der Waals surface area contributed by atoms with E-state index < -0.39 is 0 Å². The fraction of sp³-hybridized carbons (Fsp3) is 0.407. The third-order valence-electron chi connectivity index (χ3n) is 7.24. The van der Waals surface area contributed by atoms with E-state index in [9.17, 15) is 9.18 Å². The fourth-order valence-corrected chi connectivity index (χ4v) is 5.29. The van der Waals surface area contributed by atoms with Gasteiger partial charge in [0.25, 0.3) is 5.56 Å². The first-order valence-electron chi connectivity index (χ1n) is 12.8. The summed E-state index contributed by atoms with van der Waals surface area (Å²) in [7, 11) is 0. The average Bonchev–Trinajstić information content (AvgIpc) is 3.35. The van der Waals surface area contributed by atoms with Crippen molar-refractivity contribution in [2.75, 3.05) is 13.2 Å². The van der Waals surface area contributed by atoms with Crippen LogP contribution in [0, 0.1) is 5.82 Å². The van der Waals surface area contributed by atoms with Crippen molar-refractivity contribution < 1.29 is 13.9 Å². The first-order valence-corrected chi connectivity index (χ1v) is 12.8. The van der Waals surface area contributed by atoms with Gasteiger partial charge in [-0.3, -0.25) is 9.69 Å². The van der Waals surface area contributed by atoms with E-state index in [4.69, 9.17) is 9.47 Å². The number of H-pyrrole nitrogens is 1. The second-order valence-corrected chi connectivity index (χ2v) is 9.78. The van der Waals surface area contributed by atoms with Crippen molar-refractivity contribution in [1.29, 1.82) is 0 Å². The van der Waals surface area contributed by atoms with Crippen LogP contribution in [0.25, 0.3) is 10.9 Å². The number of halogens is 1. The van der Waals surface area contributed by atoms with E-state index in [0.29, 0.717) is 61.8 Å². The van der Waals surface area contributed by atoms with Gasteiger partial charge in [-0.1, -0.05) is 31.4 Å². The highest BCUT2D eigenvalue weighted by atomic mass is 19.1. The van der Waals surface area contributed by atoms with Crippen LogP contribution in [0.3, 0.4) is 0 Å². The monoisotopic (exact) mass is 504 g/mol. The lowest BCUT2D eigenvalue weighted by Gasteiger charge is -2.33. The van der Waals surface area contributed by atoms with Gasteiger partial charge in [-0.15, -0.1) is 5.10 Å². The number of nitrogens with one attached hydrogen (secondary N) is 1. The van der Waals surface area contributed by atoms with Gasteiger partial charge >= 0.3 is 0 Å². The number of hydrogen-bond donors (Lipinski definition) is 1. The smallest absolute Gasteiger partial charge is 0.252 e. The highest BCUT2D eigenvalue weighted by Crippen LogP contribution is 2.34. The first kappa shape index (κ1) is 23.6. The summed E-state index contributed by atoms with van der Waals surface area (Å²) in [5.74, 6) is 1.79. The van der Waals surface area contributed by atoms with E-state index >= 15 is 0 Å². The molecule has 4 aromatic rings. The molecule has 0 amide bonds. The Hall–Kier alpha value is -3.79. The van der Waals surface area contributed by atoms with Gasteiger partial charge in [-0.25, -0.2) is 9.07 Å². The molecule has 2 aromatic heterocycles. The number of fused-ring (bicyclic) bond motifs is 2. The molecular weight excluding hydrogens is 475 g/mol. The molecule has 6 rings (SSSR count). The van der Waals surface area contributed by atoms with Crippen molar-refractivity contribution in [2.45, 2.75) is 57.8 Å². The van der Waals surface area contributed by atoms with Gasteiger partial charge in [0.1, 0.15) is 19.0 Å². The number of tetrazole rings is 1. The van der Waals surface area contributed by atoms with Gasteiger partial charge < -0.3 is 14.5 Å². The van der Waals surface area contributed by atoms with Crippen LogP contribution in [-0.4, -0.2) is 49.3 Å². The van der Waals surface area contributed by atoms with Crippen molar-refractivity contribution in [3.63, 3.8) is 0 Å². The molecule has 0 atom stereocenters. The molecule has 10 heteroatoms. The molecule has 1 aliphatic carbocycles. The molecular formula is C27H29FN6O3. The molecule has 0 radical (unpaired) electrons. The number of benzene rings is 2. The molecule has 1 saturated carbocycles. The highest BCUT2D eigenvalue weighted by molar-refractivity contribution is 5.83. The SMILES string of the molecule is O=c1[nH]c2cc3c(cc2cc1CN(Cc1nnnn1Cc1ccc(F)cc1)C1CCCCC1)OCCO3. The van der Waals surface area contributed by atoms with Crippen molar-refractivity contribution in [3.8, 4) is 11.5 Å². The number of hydrogen-bond acceptors (Lipinski definition) is 7. The lowest BCUT2D eigenvalue weighted by molar-refractivity contribution is 0.134. The minimum Gasteiger partial charge on any atom is -0.486 e. The number of rotatable bonds is 7. The van der Waals surface area contributed by atoms with Crippen molar-refractivity contribution in [3.05, 3.63) is 75.6 Å². The molecule has 3 heterocycles. The molecule has 2 aliphatic rings. The number of aromatic nitrogens is 5.